The van der Waals surface area contributed by atoms with Crippen LogP contribution in [0.4, 0.5) is 0 Å². The average Bonchev–Trinajstić information content (AvgIpc) is 2.46. The van der Waals surface area contributed by atoms with Gasteiger partial charge >= 0.3 is 0 Å². The lowest BCUT2D eigenvalue weighted by Gasteiger charge is -2.16. The molecule has 2 rings (SSSR count). The normalized spacial score (nSPS) is 11.7. The Morgan fingerprint density at radius 2 is 1.74 bits per heavy atom. The number of likely N-dealkylation sites (N-methyl/N-ethyl adjacent to an activating group) is 1. The molecule has 0 amide bonds. The lowest BCUT2D eigenvalue weighted by atomic mass is 10.2. The number of aromatic nitrogens is 1. The van der Waals surface area contributed by atoms with Crippen LogP contribution in [0.2, 0.25) is 0 Å². The van der Waals surface area contributed by atoms with E-state index in [1.807, 2.05) is 30.3 Å². The van der Waals surface area contributed by atoms with Gasteiger partial charge in [0, 0.05) is 19.8 Å². The summed E-state index contributed by atoms with van der Waals surface area (Å²) in [4.78, 5) is 3.90. The molecule has 1 aromatic carbocycles. The Labute approximate surface area is 113 Å². The number of benzene rings is 1. The zero-order chi connectivity index (χ0) is 13.7. The van der Waals surface area contributed by atoms with Crippen LogP contribution in [0.15, 0.2) is 59.8 Å². The number of hydrogen-bond acceptors (Lipinski definition) is 3. The fraction of sp³-hybridized carbons (Fsp3) is 0.214. The van der Waals surface area contributed by atoms with Gasteiger partial charge in [-0.1, -0.05) is 36.4 Å². The number of nitrogens with zero attached hydrogens (tertiary/aromatic N) is 2. The van der Waals surface area contributed by atoms with E-state index in [4.69, 9.17) is 0 Å². The van der Waals surface area contributed by atoms with Crippen molar-refractivity contribution in [2.45, 2.75) is 11.4 Å². The van der Waals surface area contributed by atoms with E-state index in [1.165, 1.54) is 16.6 Å². The second-order valence-electron chi connectivity index (χ2n) is 4.23. The van der Waals surface area contributed by atoms with Crippen molar-refractivity contribution in [3.05, 3.63) is 60.3 Å². The van der Waals surface area contributed by atoms with Crippen LogP contribution in [0.1, 0.15) is 5.56 Å². The second kappa shape index (κ2) is 5.95. The number of hydrogen-bond donors (Lipinski definition) is 0. The molecule has 5 heteroatoms. The van der Waals surface area contributed by atoms with E-state index < -0.39 is 10.0 Å². The summed E-state index contributed by atoms with van der Waals surface area (Å²) in [6.07, 6.45) is 2.17. The largest absolute Gasteiger partial charge is 0.260 e. The van der Waals surface area contributed by atoms with Crippen molar-refractivity contribution in [3.63, 3.8) is 0 Å². The quantitative estimate of drug-likeness (QED) is 0.838. The highest BCUT2D eigenvalue weighted by Crippen LogP contribution is 2.11. The first-order valence-electron chi connectivity index (χ1n) is 6.02. The van der Waals surface area contributed by atoms with E-state index in [-0.39, 0.29) is 5.03 Å². The first-order chi connectivity index (χ1) is 9.10. The van der Waals surface area contributed by atoms with E-state index in [0.717, 1.165) is 5.56 Å². The van der Waals surface area contributed by atoms with E-state index in [2.05, 4.69) is 4.98 Å². The second-order valence-corrected chi connectivity index (χ2v) is 6.22. The topological polar surface area (TPSA) is 50.3 Å². The van der Waals surface area contributed by atoms with Crippen molar-refractivity contribution in [2.24, 2.45) is 0 Å². The smallest absolute Gasteiger partial charge is 0.243 e. The maximum absolute atomic E-state index is 12.2. The average molecular weight is 276 g/mol. The maximum atomic E-state index is 12.2. The summed E-state index contributed by atoms with van der Waals surface area (Å²) in [5, 5.41) is 0.0885. The molecule has 4 nitrogen and oxygen atoms in total. The first-order valence-corrected chi connectivity index (χ1v) is 7.46. The predicted molar refractivity (Wildman–Crippen MR) is 74.2 cm³/mol. The molecule has 0 aliphatic rings. The Bertz CT molecular complexity index is 612. The van der Waals surface area contributed by atoms with Gasteiger partial charge < -0.3 is 0 Å². The summed E-state index contributed by atoms with van der Waals surface area (Å²) in [7, 11) is -1.91. The molecule has 0 aliphatic heterocycles. The summed E-state index contributed by atoms with van der Waals surface area (Å²) >= 11 is 0. The molecule has 0 fully saturated rings. The zero-order valence-corrected chi connectivity index (χ0v) is 11.5. The van der Waals surface area contributed by atoms with Crippen molar-refractivity contribution in [1.29, 1.82) is 0 Å². The molecule has 0 atom stereocenters. The van der Waals surface area contributed by atoms with Crippen LogP contribution in [-0.4, -0.2) is 31.3 Å². The molecule has 0 radical (unpaired) electrons. The van der Waals surface area contributed by atoms with Gasteiger partial charge in [-0.05, 0) is 24.1 Å². The van der Waals surface area contributed by atoms with Crippen molar-refractivity contribution in [3.8, 4) is 0 Å². The molecule has 0 spiro atoms. The lowest BCUT2D eigenvalue weighted by Crippen LogP contribution is -2.29. The van der Waals surface area contributed by atoms with Gasteiger partial charge in [-0.25, -0.2) is 13.4 Å². The van der Waals surface area contributed by atoms with Crippen molar-refractivity contribution in [2.75, 3.05) is 13.6 Å². The third kappa shape index (κ3) is 3.39. The highest BCUT2D eigenvalue weighted by molar-refractivity contribution is 7.89. The predicted octanol–water partition coefficient (Wildman–Crippen LogP) is 1.94. The molecular weight excluding hydrogens is 260 g/mol. The highest BCUT2D eigenvalue weighted by Gasteiger charge is 2.21. The summed E-state index contributed by atoms with van der Waals surface area (Å²) in [6, 6.07) is 14.7. The van der Waals surface area contributed by atoms with Crippen molar-refractivity contribution in [1.82, 2.24) is 9.29 Å². The van der Waals surface area contributed by atoms with Gasteiger partial charge in [-0.3, -0.25) is 0 Å². The number of rotatable bonds is 5. The van der Waals surface area contributed by atoms with Gasteiger partial charge in [0.15, 0.2) is 5.03 Å². The molecule has 0 saturated carbocycles. The van der Waals surface area contributed by atoms with Crippen LogP contribution in [0, 0.1) is 0 Å². The van der Waals surface area contributed by atoms with E-state index in [9.17, 15) is 8.42 Å². The number of sulfonamides is 1. The molecule has 0 unspecified atom stereocenters. The minimum atomic E-state index is -3.49. The Morgan fingerprint density at radius 3 is 2.37 bits per heavy atom. The molecule has 100 valence electrons. The molecule has 1 heterocycles. The molecule has 0 bridgehead atoms. The van der Waals surface area contributed by atoms with E-state index in [1.54, 1.807) is 19.2 Å². The van der Waals surface area contributed by atoms with E-state index in [0.29, 0.717) is 13.0 Å². The molecule has 0 aliphatic carbocycles. The lowest BCUT2D eigenvalue weighted by molar-refractivity contribution is 0.469. The van der Waals surface area contributed by atoms with Crippen LogP contribution < -0.4 is 0 Å². The van der Waals surface area contributed by atoms with Gasteiger partial charge in [-0.15, -0.1) is 0 Å². The zero-order valence-electron chi connectivity index (χ0n) is 10.7. The van der Waals surface area contributed by atoms with Crippen LogP contribution in [-0.2, 0) is 16.4 Å². The van der Waals surface area contributed by atoms with Crippen molar-refractivity contribution >= 4 is 10.0 Å². The van der Waals surface area contributed by atoms with Gasteiger partial charge in [-0.2, -0.15) is 4.31 Å². The van der Waals surface area contributed by atoms with Gasteiger partial charge in [0.05, 0.1) is 0 Å². The first kappa shape index (κ1) is 13.7. The fourth-order valence-electron chi connectivity index (χ4n) is 1.71. The SMILES string of the molecule is CN(CCc1ccccc1)S(=O)(=O)c1ccccn1. The fourth-order valence-corrected chi connectivity index (χ4v) is 2.81. The van der Waals surface area contributed by atoms with Gasteiger partial charge in [0.2, 0.25) is 0 Å². The van der Waals surface area contributed by atoms with Gasteiger partial charge in [0.25, 0.3) is 10.0 Å². The summed E-state index contributed by atoms with van der Waals surface area (Å²) in [5.41, 5.74) is 1.12. The van der Waals surface area contributed by atoms with Crippen LogP contribution in [0.25, 0.3) is 0 Å². The summed E-state index contributed by atoms with van der Waals surface area (Å²) in [6.45, 7) is 0.433. The Hall–Kier alpha value is -1.72. The van der Waals surface area contributed by atoms with Gasteiger partial charge in [0.1, 0.15) is 0 Å². The molecule has 2 aromatic rings. The molecule has 0 saturated heterocycles. The molecule has 0 N–H and O–H groups in total. The summed E-state index contributed by atoms with van der Waals surface area (Å²) < 4.78 is 25.8. The van der Waals surface area contributed by atoms with Crippen molar-refractivity contribution < 1.29 is 8.42 Å². The Balaban J connectivity index is 2.06. The van der Waals surface area contributed by atoms with Crippen LogP contribution >= 0.6 is 0 Å². The summed E-state index contributed by atoms with van der Waals surface area (Å²) in [5.74, 6) is 0. The third-order valence-electron chi connectivity index (χ3n) is 2.87. The molecule has 1 aromatic heterocycles. The molecular formula is C14H16N2O2S. The number of pyridine rings is 1. The van der Waals surface area contributed by atoms with Crippen LogP contribution in [0.3, 0.4) is 0 Å². The monoisotopic (exact) mass is 276 g/mol. The van der Waals surface area contributed by atoms with Crippen LogP contribution in [0.5, 0.6) is 0 Å². The third-order valence-corrected chi connectivity index (χ3v) is 4.64. The minimum Gasteiger partial charge on any atom is -0.243 e. The standard InChI is InChI=1S/C14H16N2O2S/c1-16(12-10-13-7-3-2-4-8-13)19(17,18)14-9-5-6-11-15-14/h2-9,11H,10,12H2,1H3. The molecule has 19 heavy (non-hydrogen) atoms. The Kier molecular flexibility index (Phi) is 4.29. The highest BCUT2D eigenvalue weighted by atomic mass is 32.2. The maximum Gasteiger partial charge on any atom is 0.260 e. The Morgan fingerprint density at radius 1 is 1.05 bits per heavy atom. The van der Waals surface area contributed by atoms with E-state index >= 15 is 0 Å². The minimum absolute atomic E-state index is 0.0885.